The van der Waals surface area contributed by atoms with Crippen molar-refractivity contribution in [3.63, 3.8) is 0 Å². The van der Waals surface area contributed by atoms with E-state index in [4.69, 9.17) is 0 Å². The minimum Gasteiger partial charge on any atom is -0.388 e. The third kappa shape index (κ3) is 3.67. The van der Waals surface area contributed by atoms with E-state index < -0.39 is 5.60 Å². The number of hydrogen-bond donors (Lipinski definition) is 3. The zero-order valence-corrected chi connectivity index (χ0v) is 11.3. The van der Waals surface area contributed by atoms with Crippen LogP contribution in [0.15, 0.2) is 18.3 Å². The molecular weight excluding hydrogens is 242 g/mol. The second-order valence-electron chi connectivity index (χ2n) is 5.12. The van der Waals surface area contributed by atoms with E-state index >= 15 is 0 Å². The van der Waals surface area contributed by atoms with Gasteiger partial charge in [0.25, 0.3) is 5.91 Å². The van der Waals surface area contributed by atoms with Crippen LogP contribution in [0.2, 0.25) is 0 Å². The minimum atomic E-state index is -0.571. The van der Waals surface area contributed by atoms with Crippen molar-refractivity contribution in [3.8, 4) is 0 Å². The first-order valence-electron chi connectivity index (χ1n) is 6.83. The number of carbonyl (C=O) groups excluding carboxylic acids is 1. The molecule has 1 aromatic heterocycles. The summed E-state index contributed by atoms with van der Waals surface area (Å²) in [6, 6.07) is 3.51. The van der Waals surface area contributed by atoms with E-state index in [9.17, 15) is 9.90 Å². The Kier molecular flexibility index (Phi) is 4.37. The van der Waals surface area contributed by atoms with E-state index in [0.717, 1.165) is 25.7 Å². The number of amides is 1. The smallest absolute Gasteiger partial charge is 0.252 e. The topological polar surface area (TPSA) is 74.2 Å². The molecule has 1 fully saturated rings. The fourth-order valence-electron chi connectivity index (χ4n) is 1.99. The van der Waals surface area contributed by atoms with Crippen molar-refractivity contribution in [3.05, 3.63) is 23.9 Å². The molecule has 1 aromatic rings. The second kappa shape index (κ2) is 6.02. The number of rotatable bonds is 6. The Bertz CT molecular complexity index is 427. The molecule has 1 saturated carbocycles. The average molecular weight is 263 g/mol. The molecule has 0 bridgehead atoms. The number of nitrogens with zero attached hydrogens (tertiary/aromatic N) is 1. The van der Waals surface area contributed by atoms with E-state index in [0.29, 0.717) is 24.5 Å². The third-order valence-corrected chi connectivity index (χ3v) is 3.44. The van der Waals surface area contributed by atoms with E-state index in [-0.39, 0.29) is 5.91 Å². The lowest BCUT2D eigenvalue weighted by Crippen LogP contribution is -2.43. The van der Waals surface area contributed by atoms with Gasteiger partial charge >= 0.3 is 0 Å². The van der Waals surface area contributed by atoms with Gasteiger partial charge in [-0.3, -0.25) is 4.79 Å². The van der Waals surface area contributed by atoms with Gasteiger partial charge in [-0.1, -0.05) is 6.92 Å². The standard InChI is InChI=1S/C14H21N3O2/c1-2-8-15-13(18)11-4-5-12(16-9-11)17-10-14(19)6-3-7-14/h4-5,9,19H,2-3,6-8,10H2,1H3,(H,15,18)(H,16,17). The van der Waals surface area contributed by atoms with Crippen molar-refractivity contribution in [1.82, 2.24) is 10.3 Å². The minimum absolute atomic E-state index is 0.0986. The molecule has 0 aromatic carbocycles. The Morgan fingerprint density at radius 3 is 2.79 bits per heavy atom. The summed E-state index contributed by atoms with van der Waals surface area (Å²) >= 11 is 0. The number of carbonyl (C=O) groups is 1. The number of aromatic nitrogens is 1. The summed E-state index contributed by atoms with van der Waals surface area (Å²) in [5.74, 6) is 0.589. The van der Waals surface area contributed by atoms with Gasteiger partial charge in [-0.2, -0.15) is 0 Å². The Morgan fingerprint density at radius 2 is 2.26 bits per heavy atom. The molecule has 0 aliphatic heterocycles. The predicted molar refractivity (Wildman–Crippen MR) is 74.2 cm³/mol. The van der Waals surface area contributed by atoms with Crippen LogP contribution in [0.3, 0.4) is 0 Å². The molecule has 0 unspecified atom stereocenters. The summed E-state index contributed by atoms with van der Waals surface area (Å²) < 4.78 is 0. The third-order valence-electron chi connectivity index (χ3n) is 3.44. The maximum absolute atomic E-state index is 11.7. The highest BCUT2D eigenvalue weighted by atomic mass is 16.3. The molecule has 0 atom stereocenters. The highest BCUT2D eigenvalue weighted by Gasteiger charge is 2.33. The maximum atomic E-state index is 11.7. The molecule has 5 heteroatoms. The molecule has 1 aliphatic carbocycles. The SMILES string of the molecule is CCCNC(=O)c1ccc(NCC2(O)CCC2)nc1. The van der Waals surface area contributed by atoms with Crippen molar-refractivity contribution in [1.29, 1.82) is 0 Å². The van der Waals surface area contributed by atoms with Gasteiger partial charge in [0.2, 0.25) is 0 Å². The second-order valence-corrected chi connectivity index (χ2v) is 5.12. The largest absolute Gasteiger partial charge is 0.388 e. The number of pyridine rings is 1. The van der Waals surface area contributed by atoms with Crippen LogP contribution >= 0.6 is 0 Å². The maximum Gasteiger partial charge on any atom is 0.252 e. The zero-order chi connectivity index (χ0) is 13.7. The van der Waals surface area contributed by atoms with Gasteiger partial charge in [0.05, 0.1) is 11.2 Å². The number of anilines is 1. The summed E-state index contributed by atoms with van der Waals surface area (Å²) in [5, 5.41) is 15.9. The van der Waals surface area contributed by atoms with Gasteiger partial charge < -0.3 is 15.7 Å². The highest BCUT2D eigenvalue weighted by molar-refractivity contribution is 5.93. The van der Waals surface area contributed by atoms with Crippen molar-refractivity contribution >= 4 is 11.7 Å². The lowest BCUT2D eigenvalue weighted by Gasteiger charge is -2.36. The zero-order valence-electron chi connectivity index (χ0n) is 11.3. The van der Waals surface area contributed by atoms with Gasteiger partial charge in [0.15, 0.2) is 0 Å². The number of aliphatic hydroxyl groups is 1. The molecule has 1 amide bonds. The van der Waals surface area contributed by atoms with E-state index in [1.807, 2.05) is 6.92 Å². The summed E-state index contributed by atoms with van der Waals surface area (Å²) in [6.07, 6.45) is 5.24. The lowest BCUT2D eigenvalue weighted by atomic mass is 9.80. The summed E-state index contributed by atoms with van der Waals surface area (Å²) in [6.45, 7) is 3.20. The van der Waals surface area contributed by atoms with Gasteiger partial charge in [-0.25, -0.2) is 4.98 Å². The van der Waals surface area contributed by atoms with Gasteiger partial charge in [-0.15, -0.1) is 0 Å². The number of hydrogen-bond acceptors (Lipinski definition) is 4. The van der Waals surface area contributed by atoms with Crippen LogP contribution in [0.1, 0.15) is 43.0 Å². The van der Waals surface area contributed by atoms with Crippen LogP contribution in [0.4, 0.5) is 5.82 Å². The van der Waals surface area contributed by atoms with Crippen LogP contribution in [-0.2, 0) is 0 Å². The highest BCUT2D eigenvalue weighted by Crippen LogP contribution is 2.31. The van der Waals surface area contributed by atoms with Crippen LogP contribution in [0.5, 0.6) is 0 Å². The normalized spacial score (nSPS) is 16.5. The molecule has 1 aliphatic rings. The summed E-state index contributed by atoms with van der Waals surface area (Å²) in [7, 11) is 0. The Labute approximate surface area is 113 Å². The fourth-order valence-corrected chi connectivity index (χ4v) is 1.99. The van der Waals surface area contributed by atoms with Crippen molar-refractivity contribution in [2.24, 2.45) is 0 Å². The molecule has 2 rings (SSSR count). The first-order valence-corrected chi connectivity index (χ1v) is 6.83. The average Bonchev–Trinajstić information content (AvgIpc) is 2.41. The summed E-state index contributed by atoms with van der Waals surface area (Å²) in [4.78, 5) is 15.9. The molecule has 0 spiro atoms. The lowest BCUT2D eigenvalue weighted by molar-refractivity contribution is -0.0202. The van der Waals surface area contributed by atoms with Crippen LogP contribution in [-0.4, -0.2) is 34.7 Å². The Balaban J connectivity index is 1.85. The molecule has 5 nitrogen and oxygen atoms in total. The van der Waals surface area contributed by atoms with E-state index in [2.05, 4.69) is 15.6 Å². The molecule has 3 N–H and O–H groups in total. The molecule has 19 heavy (non-hydrogen) atoms. The van der Waals surface area contributed by atoms with Gasteiger partial charge in [-0.05, 0) is 37.8 Å². The molecule has 0 radical (unpaired) electrons. The van der Waals surface area contributed by atoms with E-state index in [1.54, 1.807) is 18.3 Å². The first kappa shape index (κ1) is 13.8. The van der Waals surface area contributed by atoms with Crippen molar-refractivity contribution in [2.75, 3.05) is 18.4 Å². The summed E-state index contributed by atoms with van der Waals surface area (Å²) in [5.41, 5.74) is -0.0138. The van der Waals surface area contributed by atoms with E-state index in [1.165, 1.54) is 0 Å². The first-order chi connectivity index (χ1) is 9.13. The van der Waals surface area contributed by atoms with Gasteiger partial charge in [0, 0.05) is 19.3 Å². The monoisotopic (exact) mass is 263 g/mol. The van der Waals surface area contributed by atoms with Crippen LogP contribution < -0.4 is 10.6 Å². The molecule has 1 heterocycles. The molecular formula is C14H21N3O2. The molecule has 0 saturated heterocycles. The Hall–Kier alpha value is -1.62. The molecule has 104 valence electrons. The van der Waals surface area contributed by atoms with Gasteiger partial charge in [0.1, 0.15) is 5.82 Å². The van der Waals surface area contributed by atoms with Crippen LogP contribution in [0, 0.1) is 0 Å². The number of nitrogens with one attached hydrogen (secondary N) is 2. The Morgan fingerprint density at radius 1 is 1.47 bits per heavy atom. The van der Waals surface area contributed by atoms with Crippen molar-refractivity contribution in [2.45, 2.75) is 38.2 Å². The van der Waals surface area contributed by atoms with Crippen molar-refractivity contribution < 1.29 is 9.90 Å². The fraction of sp³-hybridized carbons (Fsp3) is 0.571. The van der Waals surface area contributed by atoms with Crippen LogP contribution in [0.25, 0.3) is 0 Å². The predicted octanol–water partition coefficient (Wildman–Crippen LogP) is 1.55. The quantitative estimate of drug-likeness (QED) is 0.728.